The smallest absolute Gasteiger partial charge is 0.0873 e. The number of hydrogen-bond acceptors (Lipinski definition) is 3. The highest BCUT2D eigenvalue weighted by molar-refractivity contribution is 5.29. The summed E-state index contributed by atoms with van der Waals surface area (Å²) in [6.07, 6.45) is 7.35. The molecule has 2 rings (SSSR count). The van der Waals surface area contributed by atoms with E-state index in [-0.39, 0.29) is 11.6 Å². The third-order valence-electron chi connectivity index (χ3n) is 3.93. The van der Waals surface area contributed by atoms with Gasteiger partial charge in [0.05, 0.1) is 11.6 Å². The molecular weight excluding hydrogens is 212 g/mol. The summed E-state index contributed by atoms with van der Waals surface area (Å²) < 4.78 is 5.81. The van der Waals surface area contributed by atoms with Crippen molar-refractivity contribution in [2.24, 2.45) is 0 Å². The molecule has 0 aliphatic heterocycles. The van der Waals surface area contributed by atoms with Crippen molar-refractivity contribution >= 4 is 0 Å². The van der Waals surface area contributed by atoms with Gasteiger partial charge in [-0.05, 0) is 49.9 Å². The number of ether oxygens (including phenoxy) is 1. The molecule has 1 heterocycles. The van der Waals surface area contributed by atoms with Crippen molar-refractivity contribution in [1.82, 2.24) is 10.3 Å². The van der Waals surface area contributed by atoms with E-state index in [0.717, 1.165) is 19.4 Å². The Morgan fingerprint density at radius 1 is 1.53 bits per heavy atom. The Hall–Kier alpha value is -0.930. The summed E-state index contributed by atoms with van der Waals surface area (Å²) in [5, 5.41) is 3.57. The number of nitrogens with zero attached hydrogens (tertiary/aromatic N) is 1. The van der Waals surface area contributed by atoms with Gasteiger partial charge in [0.2, 0.25) is 0 Å². The second-order valence-corrected chi connectivity index (χ2v) is 4.85. The normalized spacial score (nSPS) is 19.7. The summed E-state index contributed by atoms with van der Waals surface area (Å²) in [6.45, 7) is 5.23. The molecule has 1 N–H and O–H groups in total. The molecule has 0 radical (unpaired) electrons. The fourth-order valence-electron chi connectivity index (χ4n) is 2.70. The first-order valence-electron chi connectivity index (χ1n) is 6.42. The van der Waals surface area contributed by atoms with Gasteiger partial charge < -0.3 is 10.1 Å². The van der Waals surface area contributed by atoms with Crippen LogP contribution in [0.4, 0.5) is 0 Å². The van der Waals surface area contributed by atoms with Gasteiger partial charge in [-0.1, -0.05) is 6.92 Å². The van der Waals surface area contributed by atoms with E-state index >= 15 is 0 Å². The number of aryl methyl sites for hydroxylation is 1. The van der Waals surface area contributed by atoms with Crippen molar-refractivity contribution in [3.63, 3.8) is 0 Å². The van der Waals surface area contributed by atoms with Crippen LogP contribution in [0.2, 0.25) is 0 Å². The molecule has 0 aromatic carbocycles. The zero-order chi connectivity index (χ0) is 12.3. The Kier molecular flexibility index (Phi) is 3.79. The highest BCUT2D eigenvalue weighted by Crippen LogP contribution is 2.45. The van der Waals surface area contributed by atoms with E-state index in [2.05, 4.69) is 30.2 Å². The molecule has 1 aromatic rings. The van der Waals surface area contributed by atoms with Gasteiger partial charge in [-0.25, -0.2) is 0 Å². The van der Waals surface area contributed by atoms with Gasteiger partial charge in [0.25, 0.3) is 0 Å². The predicted octanol–water partition coefficient (Wildman–Crippen LogP) is 2.61. The number of rotatable bonds is 5. The average Bonchev–Trinajstić information content (AvgIpc) is 2.28. The van der Waals surface area contributed by atoms with Crippen LogP contribution in [0.25, 0.3) is 0 Å². The van der Waals surface area contributed by atoms with E-state index in [9.17, 15) is 0 Å². The van der Waals surface area contributed by atoms with Gasteiger partial charge in [-0.15, -0.1) is 0 Å². The van der Waals surface area contributed by atoms with Crippen LogP contribution in [-0.2, 0) is 4.74 Å². The van der Waals surface area contributed by atoms with E-state index in [1.807, 2.05) is 19.5 Å². The number of methoxy groups -OCH3 is 1. The van der Waals surface area contributed by atoms with Crippen molar-refractivity contribution < 1.29 is 4.74 Å². The van der Waals surface area contributed by atoms with E-state index in [1.165, 1.54) is 17.5 Å². The van der Waals surface area contributed by atoms with Crippen LogP contribution in [-0.4, -0.2) is 24.2 Å². The maximum Gasteiger partial charge on any atom is 0.0873 e. The lowest BCUT2D eigenvalue weighted by Gasteiger charge is -2.47. The molecule has 1 saturated carbocycles. The molecule has 3 heteroatoms. The van der Waals surface area contributed by atoms with E-state index < -0.39 is 0 Å². The molecule has 0 spiro atoms. The number of aromatic nitrogens is 1. The van der Waals surface area contributed by atoms with Crippen molar-refractivity contribution in [2.45, 2.75) is 44.8 Å². The molecule has 1 unspecified atom stereocenters. The SMILES string of the molecule is CCNC(c1cnccc1C)C1(OC)CCC1. The van der Waals surface area contributed by atoms with Crippen LogP contribution in [0.15, 0.2) is 18.5 Å². The van der Waals surface area contributed by atoms with Crippen molar-refractivity contribution in [3.8, 4) is 0 Å². The van der Waals surface area contributed by atoms with E-state index in [4.69, 9.17) is 4.74 Å². The maximum absolute atomic E-state index is 5.81. The Morgan fingerprint density at radius 3 is 2.76 bits per heavy atom. The molecule has 1 aliphatic carbocycles. The number of nitrogens with one attached hydrogen (secondary N) is 1. The summed E-state index contributed by atoms with van der Waals surface area (Å²) in [6, 6.07) is 2.33. The maximum atomic E-state index is 5.81. The fourth-order valence-corrected chi connectivity index (χ4v) is 2.70. The van der Waals surface area contributed by atoms with Crippen molar-refractivity contribution in [1.29, 1.82) is 0 Å². The Morgan fingerprint density at radius 2 is 2.29 bits per heavy atom. The van der Waals surface area contributed by atoms with Crippen LogP contribution < -0.4 is 5.32 Å². The molecule has 1 atom stereocenters. The highest BCUT2D eigenvalue weighted by atomic mass is 16.5. The van der Waals surface area contributed by atoms with Crippen LogP contribution in [0.3, 0.4) is 0 Å². The first kappa shape index (κ1) is 12.5. The third-order valence-corrected chi connectivity index (χ3v) is 3.93. The minimum Gasteiger partial charge on any atom is -0.376 e. The lowest BCUT2D eigenvalue weighted by atomic mass is 9.72. The molecule has 0 amide bonds. The monoisotopic (exact) mass is 234 g/mol. The van der Waals surface area contributed by atoms with E-state index in [1.54, 1.807) is 0 Å². The first-order valence-corrected chi connectivity index (χ1v) is 6.42. The van der Waals surface area contributed by atoms with Crippen molar-refractivity contribution in [3.05, 3.63) is 29.6 Å². The topological polar surface area (TPSA) is 34.2 Å². The van der Waals surface area contributed by atoms with Crippen LogP contribution >= 0.6 is 0 Å². The minimum atomic E-state index is -0.0240. The average molecular weight is 234 g/mol. The van der Waals surface area contributed by atoms with E-state index in [0.29, 0.717) is 0 Å². The van der Waals surface area contributed by atoms with Crippen LogP contribution in [0.5, 0.6) is 0 Å². The van der Waals surface area contributed by atoms with Gasteiger partial charge in [0.15, 0.2) is 0 Å². The van der Waals surface area contributed by atoms with Gasteiger partial charge in [-0.2, -0.15) is 0 Å². The molecule has 1 aromatic heterocycles. The molecule has 94 valence electrons. The molecule has 3 nitrogen and oxygen atoms in total. The second-order valence-electron chi connectivity index (χ2n) is 4.85. The molecule has 17 heavy (non-hydrogen) atoms. The van der Waals surface area contributed by atoms with Crippen LogP contribution in [0.1, 0.15) is 43.4 Å². The lowest BCUT2D eigenvalue weighted by molar-refractivity contribution is -0.0996. The zero-order valence-corrected chi connectivity index (χ0v) is 11.0. The fraction of sp³-hybridized carbons (Fsp3) is 0.643. The Balaban J connectivity index is 2.32. The molecule has 1 fully saturated rings. The minimum absolute atomic E-state index is 0.0240. The summed E-state index contributed by atoms with van der Waals surface area (Å²) in [5.74, 6) is 0. The van der Waals surface area contributed by atoms with Gasteiger partial charge in [-0.3, -0.25) is 4.98 Å². The second kappa shape index (κ2) is 5.15. The van der Waals surface area contributed by atoms with Crippen LogP contribution in [0, 0.1) is 6.92 Å². The Labute approximate surface area is 104 Å². The summed E-state index contributed by atoms with van der Waals surface area (Å²) in [7, 11) is 1.83. The largest absolute Gasteiger partial charge is 0.376 e. The molecule has 1 aliphatic rings. The summed E-state index contributed by atoms with van der Waals surface area (Å²) in [4.78, 5) is 4.26. The predicted molar refractivity (Wildman–Crippen MR) is 69.0 cm³/mol. The third kappa shape index (κ3) is 2.22. The van der Waals surface area contributed by atoms with Gasteiger partial charge in [0.1, 0.15) is 0 Å². The molecule has 0 saturated heterocycles. The quantitative estimate of drug-likeness (QED) is 0.850. The summed E-state index contributed by atoms with van der Waals surface area (Å²) in [5.41, 5.74) is 2.54. The number of likely N-dealkylation sites (N-methyl/N-ethyl adjacent to an activating group) is 1. The lowest BCUT2D eigenvalue weighted by Crippen LogP contribution is -2.50. The summed E-state index contributed by atoms with van der Waals surface area (Å²) >= 11 is 0. The molecular formula is C14H22N2O. The van der Waals surface area contributed by atoms with Gasteiger partial charge >= 0.3 is 0 Å². The van der Waals surface area contributed by atoms with Crippen molar-refractivity contribution in [2.75, 3.05) is 13.7 Å². The highest BCUT2D eigenvalue weighted by Gasteiger charge is 2.45. The standard InChI is InChI=1S/C14H22N2O/c1-4-16-13(14(17-3)7-5-8-14)12-10-15-9-6-11(12)2/h6,9-10,13,16H,4-5,7-8H2,1-3H3. The number of hydrogen-bond donors (Lipinski definition) is 1. The first-order chi connectivity index (χ1) is 8.23. The van der Waals surface area contributed by atoms with Gasteiger partial charge in [0, 0.05) is 19.5 Å². The zero-order valence-electron chi connectivity index (χ0n) is 11.0. The number of pyridine rings is 1. The molecule has 0 bridgehead atoms. The Bertz CT molecular complexity index is 369.